The van der Waals surface area contributed by atoms with Crippen LogP contribution in [0, 0.1) is 0 Å². The molecule has 0 aliphatic rings. The van der Waals surface area contributed by atoms with Gasteiger partial charge in [-0.15, -0.1) is 11.3 Å². The summed E-state index contributed by atoms with van der Waals surface area (Å²) in [6.45, 7) is 0.688. The molecule has 2 aromatic heterocycles. The number of aryl methyl sites for hydroxylation is 1. The van der Waals surface area contributed by atoms with Crippen molar-refractivity contribution in [3.05, 3.63) is 52.5 Å². The number of aliphatic carboxylic acids is 1. The summed E-state index contributed by atoms with van der Waals surface area (Å²) >= 11 is 1.72. The Bertz CT molecular complexity index is 747. The fourth-order valence-electron chi connectivity index (χ4n) is 2.47. The fourth-order valence-corrected chi connectivity index (χ4v) is 3.17. The molecule has 0 aliphatic heterocycles. The molecule has 0 unspecified atom stereocenters. The van der Waals surface area contributed by atoms with Crippen LogP contribution in [-0.4, -0.2) is 20.6 Å². The first-order valence-corrected chi connectivity index (χ1v) is 7.80. The zero-order valence-electron chi connectivity index (χ0n) is 11.5. The monoisotopic (exact) mass is 300 g/mol. The zero-order chi connectivity index (χ0) is 14.7. The van der Waals surface area contributed by atoms with E-state index in [-0.39, 0.29) is 6.42 Å². The third-order valence-corrected chi connectivity index (χ3v) is 4.29. The summed E-state index contributed by atoms with van der Waals surface area (Å²) in [5.74, 6) is 0.253. The van der Waals surface area contributed by atoms with Crippen LogP contribution < -0.4 is 0 Å². The zero-order valence-corrected chi connectivity index (χ0v) is 12.3. The average Bonchev–Trinajstić information content (AvgIpc) is 3.07. The lowest BCUT2D eigenvalue weighted by molar-refractivity contribution is -0.137. The Labute approximate surface area is 126 Å². The van der Waals surface area contributed by atoms with E-state index in [0.717, 1.165) is 23.3 Å². The molecule has 0 saturated carbocycles. The van der Waals surface area contributed by atoms with Gasteiger partial charge in [-0.25, -0.2) is 4.98 Å². The SMILES string of the molecule is O=C(O)CCCn1c(Cc2cccs2)nc2ccccc21. The van der Waals surface area contributed by atoms with Gasteiger partial charge in [0.15, 0.2) is 0 Å². The largest absolute Gasteiger partial charge is 0.481 e. The lowest BCUT2D eigenvalue weighted by Crippen LogP contribution is -2.06. The summed E-state index contributed by atoms with van der Waals surface area (Å²) in [4.78, 5) is 16.7. The van der Waals surface area contributed by atoms with Crippen molar-refractivity contribution in [3.8, 4) is 0 Å². The van der Waals surface area contributed by atoms with Crippen LogP contribution in [0.5, 0.6) is 0 Å². The van der Waals surface area contributed by atoms with Gasteiger partial charge in [-0.2, -0.15) is 0 Å². The summed E-state index contributed by atoms with van der Waals surface area (Å²) < 4.78 is 2.15. The average molecular weight is 300 g/mol. The molecule has 3 rings (SSSR count). The van der Waals surface area contributed by atoms with Crippen molar-refractivity contribution < 1.29 is 9.90 Å². The van der Waals surface area contributed by atoms with Crippen LogP contribution in [0.1, 0.15) is 23.5 Å². The van der Waals surface area contributed by atoms with E-state index in [4.69, 9.17) is 10.1 Å². The van der Waals surface area contributed by atoms with E-state index >= 15 is 0 Å². The summed E-state index contributed by atoms with van der Waals surface area (Å²) in [7, 11) is 0. The van der Waals surface area contributed by atoms with E-state index in [1.54, 1.807) is 11.3 Å². The molecule has 0 saturated heterocycles. The number of nitrogens with zero attached hydrogens (tertiary/aromatic N) is 2. The standard InChI is InChI=1S/C16H16N2O2S/c19-16(20)8-3-9-18-14-7-2-1-6-13(14)17-15(18)11-12-5-4-10-21-12/h1-2,4-7,10H,3,8-9,11H2,(H,19,20). The third-order valence-electron chi connectivity index (χ3n) is 3.42. The minimum atomic E-state index is -0.751. The summed E-state index contributed by atoms with van der Waals surface area (Å²) in [6, 6.07) is 12.2. The molecule has 4 nitrogen and oxygen atoms in total. The van der Waals surface area contributed by atoms with E-state index in [1.165, 1.54) is 4.88 Å². The molecule has 0 amide bonds. The lowest BCUT2D eigenvalue weighted by Gasteiger charge is -2.07. The van der Waals surface area contributed by atoms with Crippen molar-refractivity contribution >= 4 is 28.3 Å². The molecule has 2 heterocycles. The Morgan fingerprint density at radius 3 is 2.86 bits per heavy atom. The van der Waals surface area contributed by atoms with Crippen molar-refractivity contribution in [2.45, 2.75) is 25.8 Å². The molecule has 0 aliphatic carbocycles. The van der Waals surface area contributed by atoms with Crippen LogP contribution in [0.2, 0.25) is 0 Å². The Hall–Kier alpha value is -2.14. The quantitative estimate of drug-likeness (QED) is 0.757. The van der Waals surface area contributed by atoms with Crippen LogP contribution >= 0.6 is 11.3 Å². The lowest BCUT2D eigenvalue weighted by atomic mass is 10.2. The highest BCUT2D eigenvalue weighted by Crippen LogP contribution is 2.21. The number of carbonyl (C=O) groups is 1. The first kappa shape index (κ1) is 13.8. The smallest absolute Gasteiger partial charge is 0.303 e. The molecule has 0 spiro atoms. The number of carboxylic acid groups (broad SMARTS) is 1. The van der Waals surface area contributed by atoms with Crippen LogP contribution in [0.25, 0.3) is 11.0 Å². The summed E-state index contributed by atoms with van der Waals surface area (Å²) in [5, 5.41) is 10.9. The Balaban J connectivity index is 1.91. The maximum absolute atomic E-state index is 10.7. The molecule has 1 aromatic carbocycles. The van der Waals surface area contributed by atoms with Crippen molar-refractivity contribution in [3.63, 3.8) is 0 Å². The van der Waals surface area contributed by atoms with Crippen LogP contribution in [0.3, 0.4) is 0 Å². The molecule has 0 atom stereocenters. The molecule has 3 aromatic rings. The van der Waals surface area contributed by atoms with Crippen molar-refractivity contribution in [1.82, 2.24) is 9.55 Å². The highest BCUT2D eigenvalue weighted by molar-refractivity contribution is 7.09. The van der Waals surface area contributed by atoms with E-state index in [9.17, 15) is 4.79 Å². The predicted octanol–water partition coefficient (Wildman–Crippen LogP) is 3.55. The number of carboxylic acids is 1. The molecule has 0 bridgehead atoms. The second-order valence-corrected chi connectivity index (χ2v) is 5.95. The maximum Gasteiger partial charge on any atom is 0.303 e. The van der Waals surface area contributed by atoms with Crippen LogP contribution in [0.4, 0.5) is 0 Å². The molecular formula is C16H16N2O2S. The van der Waals surface area contributed by atoms with Crippen molar-refractivity contribution in [1.29, 1.82) is 0 Å². The topological polar surface area (TPSA) is 55.1 Å². The van der Waals surface area contributed by atoms with Gasteiger partial charge in [-0.3, -0.25) is 4.79 Å². The van der Waals surface area contributed by atoms with Gasteiger partial charge in [0.05, 0.1) is 11.0 Å². The van der Waals surface area contributed by atoms with Crippen molar-refractivity contribution in [2.75, 3.05) is 0 Å². The van der Waals surface area contributed by atoms with Gasteiger partial charge in [0.25, 0.3) is 0 Å². The number of fused-ring (bicyclic) bond motifs is 1. The van der Waals surface area contributed by atoms with E-state index in [1.807, 2.05) is 30.3 Å². The molecule has 0 radical (unpaired) electrons. The van der Waals surface area contributed by atoms with Crippen LogP contribution in [0.15, 0.2) is 41.8 Å². The predicted molar refractivity (Wildman–Crippen MR) is 83.7 cm³/mol. The summed E-state index contributed by atoms with van der Waals surface area (Å²) in [5.41, 5.74) is 2.05. The molecular weight excluding hydrogens is 284 g/mol. The van der Waals surface area contributed by atoms with Gasteiger partial charge < -0.3 is 9.67 Å². The Morgan fingerprint density at radius 2 is 2.10 bits per heavy atom. The van der Waals surface area contributed by atoms with Crippen LogP contribution in [-0.2, 0) is 17.8 Å². The Kier molecular flexibility index (Phi) is 4.01. The molecule has 0 fully saturated rings. The molecule has 21 heavy (non-hydrogen) atoms. The first-order chi connectivity index (χ1) is 10.2. The van der Waals surface area contributed by atoms with E-state index in [0.29, 0.717) is 13.0 Å². The second kappa shape index (κ2) is 6.10. The number of benzene rings is 1. The molecule has 1 N–H and O–H groups in total. The van der Waals surface area contributed by atoms with Gasteiger partial charge in [0.2, 0.25) is 0 Å². The molecule has 5 heteroatoms. The van der Waals surface area contributed by atoms with Gasteiger partial charge in [-0.1, -0.05) is 18.2 Å². The second-order valence-electron chi connectivity index (χ2n) is 4.92. The van der Waals surface area contributed by atoms with Gasteiger partial charge >= 0.3 is 5.97 Å². The normalized spacial score (nSPS) is 11.0. The highest BCUT2D eigenvalue weighted by atomic mass is 32.1. The third kappa shape index (κ3) is 3.13. The van der Waals surface area contributed by atoms with E-state index in [2.05, 4.69) is 16.0 Å². The van der Waals surface area contributed by atoms with Gasteiger partial charge in [0, 0.05) is 24.3 Å². The number of rotatable bonds is 6. The fraction of sp³-hybridized carbons (Fsp3) is 0.250. The van der Waals surface area contributed by atoms with E-state index < -0.39 is 5.97 Å². The van der Waals surface area contributed by atoms with Gasteiger partial charge in [0.1, 0.15) is 5.82 Å². The Morgan fingerprint density at radius 1 is 1.24 bits per heavy atom. The number of hydrogen-bond donors (Lipinski definition) is 1. The molecule has 108 valence electrons. The van der Waals surface area contributed by atoms with Gasteiger partial charge in [-0.05, 0) is 30.0 Å². The number of aromatic nitrogens is 2. The number of hydrogen-bond acceptors (Lipinski definition) is 3. The van der Waals surface area contributed by atoms with Crippen molar-refractivity contribution in [2.24, 2.45) is 0 Å². The minimum Gasteiger partial charge on any atom is -0.481 e. The number of para-hydroxylation sites is 2. The number of imidazole rings is 1. The maximum atomic E-state index is 10.7. The first-order valence-electron chi connectivity index (χ1n) is 6.92. The minimum absolute atomic E-state index is 0.185. The summed E-state index contributed by atoms with van der Waals surface area (Å²) in [6.07, 6.45) is 1.59. The highest BCUT2D eigenvalue weighted by Gasteiger charge is 2.11. The number of thiophene rings is 1.